The summed E-state index contributed by atoms with van der Waals surface area (Å²) < 4.78 is 31.0. The van der Waals surface area contributed by atoms with Gasteiger partial charge >= 0.3 is 13.8 Å². The van der Waals surface area contributed by atoms with Gasteiger partial charge in [0.1, 0.15) is 19.3 Å². The van der Waals surface area contributed by atoms with Gasteiger partial charge in [-0.3, -0.25) is 18.6 Å². The molecule has 0 saturated heterocycles. The second kappa shape index (κ2) is 73.0. The first kappa shape index (κ1) is 91.2. The molecule has 0 aliphatic heterocycles. The Labute approximate surface area is 580 Å². The van der Waals surface area contributed by atoms with E-state index in [-0.39, 0.29) is 25.1 Å². The van der Waals surface area contributed by atoms with Crippen LogP contribution in [0.4, 0.5) is 0 Å². The molecule has 9 nitrogen and oxygen atoms in total. The molecule has 0 aromatic heterocycles. The molecular weight excluding hydrogens is 1170 g/mol. The lowest BCUT2D eigenvalue weighted by Gasteiger charge is -2.27. The van der Waals surface area contributed by atoms with E-state index in [0.29, 0.717) is 23.9 Å². The van der Waals surface area contributed by atoms with Crippen molar-refractivity contribution in [2.75, 3.05) is 40.9 Å². The highest BCUT2D eigenvalue weighted by atomic mass is 31.2. The number of phosphoric ester groups is 1. The minimum absolute atomic E-state index is 0.0444. The number of rotatable bonds is 77. The van der Waals surface area contributed by atoms with Crippen molar-refractivity contribution >= 4 is 19.7 Å². The molecule has 93 heavy (non-hydrogen) atoms. The lowest BCUT2D eigenvalue weighted by molar-refractivity contribution is -0.870. The minimum atomic E-state index is -4.46. The molecule has 0 fully saturated rings. The number of amides is 1. The third kappa shape index (κ3) is 74.3. The van der Waals surface area contributed by atoms with Crippen LogP contribution in [0.1, 0.15) is 432 Å². The average Bonchev–Trinajstić information content (AvgIpc) is 2.15. The van der Waals surface area contributed by atoms with Crippen molar-refractivity contribution in [2.24, 2.45) is 0 Å². The Morgan fingerprint density at radius 3 is 0.989 bits per heavy atom. The fourth-order valence-corrected chi connectivity index (χ4v) is 13.5. The van der Waals surface area contributed by atoms with Gasteiger partial charge in [0.05, 0.1) is 33.8 Å². The smallest absolute Gasteiger partial charge is 0.456 e. The summed E-state index contributed by atoms with van der Waals surface area (Å²) in [6, 6.07) is -0.845. The van der Waals surface area contributed by atoms with Gasteiger partial charge in [-0.2, -0.15) is 0 Å². The second-order valence-electron chi connectivity index (χ2n) is 29.7. The van der Waals surface area contributed by atoms with Crippen LogP contribution in [0.3, 0.4) is 0 Å². The molecule has 0 aliphatic rings. The number of hydrogen-bond acceptors (Lipinski definition) is 6. The molecule has 0 bridgehead atoms. The molecule has 2 N–H and O–H groups in total. The standard InChI is InChI=1S/C83H161N2O7P/c1-7-10-13-16-19-22-25-28-30-32-34-36-38-40-42-44-46-48-50-52-54-57-60-63-66-69-72-75-82(86)84-80(79-91-93(88,89)90-78-77-85(4,5)6)81(74-71-68-65-62-59-56-27-24-21-18-15-12-9-3)92-83(87)76-73-70-67-64-61-58-55-53-51-49-47-45-43-41-39-37-35-33-31-29-26-23-20-17-14-11-8-2/h20,23,29,31,71,74,80-81H,7-19,21-22,24-28,30,32-70,72-73,75-79H2,1-6H3,(H-,84,86,88,89)/p+1/b23-20-,31-29-,74-71+. The quantitative estimate of drug-likeness (QED) is 0.0205. The maximum atomic E-state index is 13.7. The fourth-order valence-electron chi connectivity index (χ4n) is 12.7. The molecule has 0 aromatic carbocycles. The van der Waals surface area contributed by atoms with Gasteiger partial charge in [0.2, 0.25) is 5.91 Å². The summed E-state index contributed by atoms with van der Waals surface area (Å²) in [7, 11) is 1.52. The first-order chi connectivity index (χ1) is 45.4. The number of allylic oxidation sites excluding steroid dienone is 5. The van der Waals surface area contributed by atoms with Gasteiger partial charge in [-0.25, -0.2) is 4.57 Å². The van der Waals surface area contributed by atoms with Gasteiger partial charge in [0.25, 0.3) is 0 Å². The summed E-state index contributed by atoms with van der Waals surface area (Å²) in [4.78, 5) is 38.1. The predicted octanol–water partition coefficient (Wildman–Crippen LogP) is 26.9. The Hall–Kier alpha value is -1.77. The number of unbranched alkanes of at least 4 members (excludes halogenated alkanes) is 57. The molecule has 3 atom stereocenters. The molecule has 550 valence electrons. The van der Waals surface area contributed by atoms with E-state index in [1.54, 1.807) is 0 Å². The molecule has 0 saturated carbocycles. The molecule has 0 rings (SSSR count). The van der Waals surface area contributed by atoms with E-state index < -0.39 is 20.0 Å². The minimum Gasteiger partial charge on any atom is -0.456 e. The molecule has 0 aromatic rings. The van der Waals surface area contributed by atoms with Crippen LogP contribution in [-0.2, 0) is 27.9 Å². The lowest BCUT2D eigenvalue weighted by atomic mass is 10.0. The zero-order chi connectivity index (χ0) is 67.8. The summed E-state index contributed by atoms with van der Waals surface area (Å²) in [5, 5.41) is 3.09. The highest BCUT2D eigenvalue weighted by Gasteiger charge is 2.30. The zero-order valence-corrected chi connectivity index (χ0v) is 64.2. The van der Waals surface area contributed by atoms with Gasteiger partial charge in [0, 0.05) is 12.8 Å². The number of carbonyl (C=O) groups is 2. The van der Waals surface area contributed by atoms with E-state index in [4.69, 9.17) is 13.8 Å². The molecule has 10 heteroatoms. The topological polar surface area (TPSA) is 111 Å². The van der Waals surface area contributed by atoms with Crippen molar-refractivity contribution in [1.82, 2.24) is 5.32 Å². The molecule has 0 spiro atoms. The van der Waals surface area contributed by atoms with Crippen molar-refractivity contribution in [1.29, 1.82) is 0 Å². The van der Waals surface area contributed by atoms with Crippen molar-refractivity contribution in [3.63, 3.8) is 0 Å². The number of esters is 1. The maximum Gasteiger partial charge on any atom is 0.472 e. The molecule has 0 aliphatic carbocycles. The zero-order valence-electron chi connectivity index (χ0n) is 63.3. The van der Waals surface area contributed by atoms with Crippen LogP contribution < -0.4 is 5.32 Å². The number of likely N-dealkylation sites (N-methyl/N-ethyl adjacent to an activating group) is 1. The first-order valence-corrected chi connectivity index (χ1v) is 42.8. The number of carbonyl (C=O) groups excluding carboxylic acids is 2. The summed E-state index contributed by atoms with van der Waals surface area (Å²) >= 11 is 0. The van der Waals surface area contributed by atoms with Gasteiger partial charge in [0.15, 0.2) is 0 Å². The number of nitrogens with zero attached hydrogens (tertiary/aromatic N) is 1. The third-order valence-electron chi connectivity index (χ3n) is 19.1. The van der Waals surface area contributed by atoms with E-state index in [1.165, 1.54) is 334 Å². The van der Waals surface area contributed by atoms with Crippen LogP contribution >= 0.6 is 7.82 Å². The van der Waals surface area contributed by atoms with Crippen molar-refractivity contribution in [3.05, 3.63) is 36.5 Å². The van der Waals surface area contributed by atoms with E-state index in [0.717, 1.165) is 64.2 Å². The van der Waals surface area contributed by atoms with E-state index in [2.05, 4.69) is 56.5 Å². The molecule has 1 amide bonds. The van der Waals surface area contributed by atoms with Crippen LogP contribution in [0.5, 0.6) is 0 Å². The van der Waals surface area contributed by atoms with Crippen molar-refractivity contribution < 1.29 is 37.3 Å². The predicted molar refractivity (Wildman–Crippen MR) is 406 cm³/mol. The van der Waals surface area contributed by atoms with Gasteiger partial charge in [-0.1, -0.05) is 391 Å². The van der Waals surface area contributed by atoms with Gasteiger partial charge in [-0.05, 0) is 63.9 Å². The van der Waals surface area contributed by atoms with Crippen LogP contribution in [0.15, 0.2) is 36.5 Å². The second-order valence-corrected chi connectivity index (χ2v) is 31.1. The largest absolute Gasteiger partial charge is 0.472 e. The average molecular weight is 1330 g/mol. The Morgan fingerprint density at radius 1 is 0.376 bits per heavy atom. The van der Waals surface area contributed by atoms with E-state index >= 15 is 0 Å². The lowest BCUT2D eigenvalue weighted by Crippen LogP contribution is -2.47. The maximum absolute atomic E-state index is 13.7. The number of phosphoric acid groups is 1. The van der Waals surface area contributed by atoms with Gasteiger partial charge in [-0.15, -0.1) is 0 Å². The monoisotopic (exact) mass is 1330 g/mol. The Morgan fingerprint density at radius 2 is 0.656 bits per heavy atom. The van der Waals surface area contributed by atoms with Gasteiger partial charge < -0.3 is 19.4 Å². The Kier molecular flexibility index (Phi) is 71.6. The normalized spacial score (nSPS) is 13.5. The number of ether oxygens (including phenoxy) is 1. The summed E-state index contributed by atoms with van der Waals surface area (Å²) in [5.41, 5.74) is 0. The fraction of sp³-hybridized carbons (Fsp3) is 0.904. The Bertz CT molecular complexity index is 1680. The van der Waals surface area contributed by atoms with E-state index in [1.807, 2.05) is 27.2 Å². The molecule has 0 heterocycles. The molecule has 3 unspecified atom stereocenters. The van der Waals surface area contributed by atoms with Crippen molar-refractivity contribution in [3.8, 4) is 0 Å². The number of quaternary nitrogens is 1. The van der Waals surface area contributed by atoms with Crippen LogP contribution in [0, 0.1) is 0 Å². The number of nitrogens with one attached hydrogen (secondary N) is 1. The van der Waals surface area contributed by atoms with Crippen LogP contribution in [-0.4, -0.2) is 74.3 Å². The summed E-state index contributed by atoms with van der Waals surface area (Å²) in [5.74, 6) is -0.476. The van der Waals surface area contributed by atoms with Crippen LogP contribution in [0.2, 0.25) is 0 Å². The summed E-state index contributed by atoms with van der Waals surface area (Å²) in [6.45, 7) is 7.08. The molecule has 0 radical (unpaired) electrons. The first-order valence-electron chi connectivity index (χ1n) is 41.3. The van der Waals surface area contributed by atoms with Crippen LogP contribution in [0.25, 0.3) is 0 Å². The number of hydrogen-bond donors (Lipinski definition) is 2. The highest BCUT2D eigenvalue weighted by molar-refractivity contribution is 7.47. The summed E-state index contributed by atoms with van der Waals surface area (Å²) in [6.07, 6.45) is 93.4. The highest BCUT2D eigenvalue weighted by Crippen LogP contribution is 2.43. The van der Waals surface area contributed by atoms with Crippen molar-refractivity contribution in [2.45, 2.75) is 444 Å². The third-order valence-corrected chi connectivity index (χ3v) is 20.1. The Balaban J connectivity index is 4.88. The molecular formula is C83H162N2O7P+. The SMILES string of the molecule is CCCCC/C=C\C/C=C\CCCCCCCCCCCCCCCCCCCC(=O)OC(/C=C/CCCCCCCCCCCCC)C(COP(=O)(O)OCC[N+](C)(C)C)NC(=O)CCCCCCCCCCCCCCCCCCCCCCCCCCCCC. The van der Waals surface area contributed by atoms with E-state index in [9.17, 15) is 19.0 Å².